The van der Waals surface area contributed by atoms with Gasteiger partial charge in [0.25, 0.3) is 0 Å². The lowest BCUT2D eigenvalue weighted by Gasteiger charge is -2.28. The average molecular weight is 871 g/mol. The molecule has 2 aliphatic rings. The van der Waals surface area contributed by atoms with E-state index in [1.165, 1.54) is 6.07 Å². The van der Waals surface area contributed by atoms with Gasteiger partial charge in [0.1, 0.15) is 18.8 Å². The predicted molar refractivity (Wildman–Crippen MR) is 172 cm³/mol. The largest absolute Gasteiger partial charge is 0.484 e. The van der Waals surface area contributed by atoms with E-state index in [0.29, 0.717) is 23.1 Å². The van der Waals surface area contributed by atoms with Crippen LogP contribution >= 0.6 is 57.6 Å². The molecule has 244 valence electrons. The van der Waals surface area contributed by atoms with E-state index in [4.69, 9.17) is 14.2 Å². The molecule has 4 heterocycles. The Labute approximate surface area is 285 Å². The second-order valence-electron chi connectivity index (χ2n) is 10.6. The number of halogens is 5. The van der Waals surface area contributed by atoms with Crippen LogP contribution in [0.4, 0.5) is 25.2 Å². The Kier molecular flexibility index (Phi) is 14.3. The van der Waals surface area contributed by atoms with Crippen molar-refractivity contribution in [2.24, 2.45) is 0 Å². The van der Waals surface area contributed by atoms with Crippen molar-refractivity contribution in [3.05, 3.63) is 51.4 Å². The first-order valence-electron chi connectivity index (χ1n) is 13.2. The molecule has 0 aromatic carbocycles. The molecule has 0 aliphatic carbocycles. The number of nitrogens with one attached hydrogen (secondary N) is 1. The zero-order valence-corrected chi connectivity index (χ0v) is 29.0. The average Bonchev–Trinajstić information content (AvgIpc) is 3.59. The smallest absolute Gasteiger partial charge is 0.410 e. The van der Waals surface area contributed by atoms with Gasteiger partial charge < -0.3 is 44.7 Å². The first-order valence-corrected chi connectivity index (χ1v) is 15.3. The third-order valence-electron chi connectivity index (χ3n) is 6.14. The summed E-state index contributed by atoms with van der Waals surface area (Å²) in [5.41, 5.74) is -0.602. The van der Waals surface area contributed by atoms with E-state index in [1.54, 1.807) is 70.9 Å². The number of aromatic nitrogens is 2. The number of hydrogen-bond donors (Lipinski definition) is 1. The summed E-state index contributed by atoms with van der Waals surface area (Å²) in [6.07, 6.45) is 3.13. The highest BCUT2D eigenvalue weighted by Crippen LogP contribution is 2.29. The molecular formula is C25H31ClF2I2N6O8. The molecule has 0 unspecified atom stereocenters. The monoisotopic (exact) mass is 870 g/mol. The summed E-state index contributed by atoms with van der Waals surface area (Å²) < 4.78 is 44.4. The predicted octanol–water partition coefficient (Wildman–Crippen LogP) is 5.80. The van der Waals surface area contributed by atoms with Crippen LogP contribution in [-0.4, -0.2) is 74.8 Å². The molecule has 1 N–H and O–H groups in total. The van der Waals surface area contributed by atoms with Crippen LogP contribution in [0.2, 0.25) is 0 Å². The number of nitrogens with zero attached hydrogens (tertiary/aromatic N) is 5. The Morgan fingerprint density at radius 2 is 1.52 bits per heavy atom. The molecule has 2 saturated heterocycles. The fourth-order valence-electron chi connectivity index (χ4n) is 4.20. The van der Waals surface area contributed by atoms with E-state index < -0.39 is 45.1 Å². The zero-order chi connectivity index (χ0) is 31.9. The molecule has 19 heteroatoms. The van der Waals surface area contributed by atoms with Crippen molar-refractivity contribution in [2.75, 3.05) is 26.3 Å². The Hall–Kier alpha value is -2.46. The van der Waals surface area contributed by atoms with Crippen LogP contribution in [0.25, 0.3) is 0 Å². The Morgan fingerprint density at radius 3 is 1.95 bits per heavy atom. The molecule has 0 radical (unpaired) electrons. The summed E-state index contributed by atoms with van der Waals surface area (Å²) in [5.74, 6) is -3.24. The number of amides is 1. The lowest BCUT2D eigenvalue weighted by molar-refractivity contribution is -0.390. The molecule has 2 aromatic rings. The maximum absolute atomic E-state index is 14.0. The molecule has 0 bridgehead atoms. The molecule has 0 spiro atoms. The van der Waals surface area contributed by atoms with E-state index in [1.807, 2.05) is 0 Å². The number of pyridine rings is 2. The lowest BCUT2D eigenvalue weighted by atomic mass is 10.2. The highest BCUT2D eigenvalue weighted by Gasteiger charge is 2.33. The summed E-state index contributed by atoms with van der Waals surface area (Å²) in [7, 11) is 0. The van der Waals surface area contributed by atoms with Gasteiger partial charge in [-0.1, -0.05) is 0 Å². The van der Waals surface area contributed by atoms with Crippen molar-refractivity contribution in [3.8, 4) is 11.5 Å². The second-order valence-corrected chi connectivity index (χ2v) is 12.9. The van der Waals surface area contributed by atoms with Gasteiger partial charge in [-0.15, -0.1) is 12.4 Å². The second kappa shape index (κ2) is 16.7. The standard InChI is InChI=1S/C15H19FIN3O5.C10H11FIN3O3.ClH/c1-15(2,3)25-14(21)19-6-4-5-9(19)8-24-12-10(17)7-11(20(22)23)18-13(12)16;11-10-9(18-5-6-2-1-3-13-6)7(12)4-8(14-10)15(16)17;/h7,9H,4-6,8H2,1-3H3;4,6,13H,1-3,5H2;1H/t9-;6-;/m00./s1. The Morgan fingerprint density at radius 1 is 1.00 bits per heavy atom. The number of hydrogen-bond acceptors (Lipinski definition) is 11. The number of nitro groups is 2. The van der Waals surface area contributed by atoms with Gasteiger partial charge in [0.2, 0.25) is 11.5 Å². The molecule has 14 nitrogen and oxygen atoms in total. The first kappa shape index (κ1) is 37.7. The number of ether oxygens (including phenoxy) is 3. The fraction of sp³-hybridized carbons (Fsp3) is 0.560. The van der Waals surface area contributed by atoms with Gasteiger partial charge in [-0.2, -0.15) is 8.78 Å². The van der Waals surface area contributed by atoms with Gasteiger partial charge in [-0.05, 0) is 118 Å². The Bertz CT molecular complexity index is 1300. The summed E-state index contributed by atoms with van der Waals surface area (Å²) in [6, 6.07) is 2.29. The SMILES string of the molecule is CC(C)(C)OC(=O)N1CCC[C@H]1COc1c(I)cc([N+](=O)[O-])nc1F.Cl.O=[N+]([O-])c1cc(I)c(OC[C@@H]2CCCN2)c(F)n1. The molecule has 2 aromatic heterocycles. The maximum atomic E-state index is 14.0. The van der Waals surface area contributed by atoms with E-state index in [9.17, 15) is 33.8 Å². The highest BCUT2D eigenvalue weighted by atomic mass is 127. The third-order valence-corrected chi connectivity index (χ3v) is 7.74. The van der Waals surface area contributed by atoms with Gasteiger partial charge in [0.15, 0.2) is 0 Å². The first-order chi connectivity index (χ1) is 20.2. The van der Waals surface area contributed by atoms with Gasteiger partial charge in [0.05, 0.1) is 25.3 Å². The number of carbonyl (C=O) groups excluding carboxylic acids is 1. The van der Waals surface area contributed by atoms with Crippen molar-refractivity contribution < 1.29 is 37.6 Å². The van der Waals surface area contributed by atoms with Crippen LogP contribution in [-0.2, 0) is 4.74 Å². The van der Waals surface area contributed by atoms with E-state index in [0.717, 1.165) is 31.9 Å². The zero-order valence-electron chi connectivity index (χ0n) is 23.9. The van der Waals surface area contributed by atoms with E-state index in [-0.39, 0.29) is 46.2 Å². The number of likely N-dealkylation sites (tertiary alicyclic amines) is 1. The molecule has 2 aliphatic heterocycles. The van der Waals surface area contributed by atoms with Crippen molar-refractivity contribution in [2.45, 2.75) is 64.1 Å². The Balaban J connectivity index is 0.000000315. The summed E-state index contributed by atoms with van der Waals surface area (Å²) in [4.78, 5) is 40.0. The molecule has 1 amide bonds. The third kappa shape index (κ3) is 10.9. The molecule has 2 fully saturated rings. The fourth-order valence-corrected chi connectivity index (χ4v) is 5.51. The quantitative estimate of drug-likeness (QED) is 0.147. The minimum atomic E-state index is -1.04. The molecule has 4 rings (SSSR count). The van der Waals surface area contributed by atoms with Crippen LogP contribution in [0.3, 0.4) is 0 Å². The van der Waals surface area contributed by atoms with Gasteiger partial charge >= 0.3 is 29.6 Å². The summed E-state index contributed by atoms with van der Waals surface area (Å²) in [5, 5.41) is 24.4. The maximum Gasteiger partial charge on any atom is 0.410 e. The van der Waals surface area contributed by atoms with E-state index >= 15 is 0 Å². The van der Waals surface area contributed by atoms with Crippen LogP contribution in [0, 0.1) is 39.3 Å². The minimum Gasteiger partial charge on any atom is -0.484 e. The van der Waals surface area contributed by atoms with Crippen LogP contribution < -0.4 is 14.8 Å². The normalized spacial score (nSPS) is 17.7. The van der Waals surface area contributed by atoms with Gasteiger partial charge in [0, 0.05) is 12.6 Å². The van der Waals surface area contributed by atoms with Crippen LogP contribution in [0.5, 0.6) is 11.5 Å². The van der Waals surface area contributed by atoms with Crippen molar-refractivity contribution in [1.29, 1.82) is 0 Å². The minimum absolute atomic E-state index is 0. The van der Waals surface area contributed by atoms with Gasteiger partial charge in [-0.3, -0.25) is 0 Å². The number of rotatable bonds is 8. The van der Waals surface area contributed by atoms with Crippen molar-refractivity contribution in [3.63, 3.8) is 0 Å². The molecule has 0 saturated carbocycles. The van der Waals surface area contributed by atoms with Crippen LogP contribution in [0.15, 0.2) is 12.1 Å². The summed E-state index contributed by atoms with van der Waals surface area (Å²) in [6.45, 7) is 7.23. The number of carbonyl (C=O) groups is 1. The van der Waals surface area contributed by atoms with Gasteiger partial charge in [-0.25, -0.2) is 4.79 Å². The van der Waals surface area contributed by atoms with Crippen LogP contribution in [0.1, 0.15) is 46.5 Å². The summed E-state index contributed by atoms with van der Waals surface area (Å²) >= 11 is 3.56. The molecule has 2 atom stereocenters. The highest BCUT2D eigenvalue weighted by molar-refractivity contribution is 14.1. The lowest BCUT2D eigenvalue weighted by Crippen LogP contribution is -2.42. The molecular weight excluding hydrogens is 840 g/mol. The topological polar surface area (TPSA) is 172 Å². The molecule has 44 heavy (non-hydrogen) atoms. The van der Waals surface area contributed by atoms with Crippen molar-refractivity contribution in [1.82, 2.24) is 20.2 Å². The van der Waals surface area contributed by atoms with Crippen molar-refractivity contribution >= 4 is 75.3 Å². The van der Waals surface area contributed by atoms with E-state index in [2.05, 4.69) is 15.3 Å².